The molecule has 34 heavy (non-hydrogen) atoms. The monoisotopic (exact) mass is 456 g/mol. The molecule has 2 aromatic carbocycles. The zero-order valence-electron chi connectivity index (χ0n) is 19.9. The highest BCUT2D eigenvalue weighted by atomic mass is 16.5. The number of aromatic amines is 1. The SMILES string of the molecule is Cc1[nH]c2ccc3c(c2c1C(=O)O[C@@H]1CCc2ccccc21)CC1CCCN2CCCCC12O3. The Balaban J connectivity index is 1.28. The van der Waals surface area contributed by atoms with Crippen LogP contribution in [0.25, 0.3) is 10.9 Å². The lowest BCUT2D eigenvalue weighted by molar-refractivity contribution is -0.177. The van der Waals surface area contributed by atoms with E-state index >= 15 is 0 Å². The van der Waals surface area contributed by atoms with Crippen LogP contribution in [0.1, 0.15) is 77.4 Å². The van der Waals surface area contributed by atoms with Gasteiger partial charge < -0.3 is 14.5 Å². The minimum atomic E-state index is -0.220. The van der Waals surface area contributed by atoms with Gasteiger partial charge in [0.1, 0.15) is 11.9 Å². The summed E-state index contributed by atoms with van der Waals surface area (Å²) in [6.45, 7) is 4.26. The number of hydrogen-bond donors (Lipinski definition) is 1. The van der Waals surface area contributed by atoms with E-state index in [1.54, 1.807) is 0 Å². The minimum absolute atomic E-state index is 0.156. The van der Waals surface area contributed by atoms with Crippen LogP contribution in [0.15, 0.2) is 36.4 Å². The summed E-state index contributed by atoms with van der Waals surface area (Å²) in [4.78, 5) is 19.7. The molecule has 7 rings (SSSR count). The van der Waals surface area contributed by atoms with E-state index in [1.807, 2.05) is 13.0 Å². The summed E-state index contributed by atoms with van der Waals surface area (Å²) in [5.74, 6) is 1.21. The van der Waals surface area contributed by atoms with E-state index in [9.17, 15) is 4.79 Å². The largest absolute Gasteiger partial charge is 0.472 e. The van der Waals surface area contributed by atoms with Gasteiger partial charge in [0.25, 0.3) is 0 Å². The number of esters is 1. The Morgan fingerprint density at radius 3 is 2.94 bits per heavy atom. The van der Waals surface area contributed by atoms with Crippen LogP contribution < -0.4 is 4.74 Å². The van der Waals surface area contributed by atoms with Crippen molar-refractivity contribution in [3.05, 3.63) is 64.3 Å². The zero-order valence-corrected chi connectivity index (χ0v) is 19.9. The van der Waals surface area contributed by atoms with Crippen LogP contribution in [0.5, 0.6) is 5.75 Å². The molecule has 3 aliphatic heterocycles. The summed E-state index contributed by atoms with van der Waals surface area (Å²) in [5.41, 5.74) is 6.04. The smallest absolute Gasteiger partial charge is 0.341 e. The fourth-order valence-corrected chi connectivity index (χ4v) is 7.30. The van der Waals surface area contributed by atoms with Crippen LogP contribution in [-0.2, 0) is 17.6 Å². The van der Waals surface area contributed by atoms with Crippen molar-refractivity contribution in [3.8, 4) is 5.75 Å². The molecule has 0 radical (unpaired) electrons. The Hall–Kier alpha value is -2.79. The number of nitrogens with one attached hydrogen (secondary N) is 1. The number of carbonyl (C=O) groups excluding carboxylic acids is 1. The lowest BCUT2D eigenvalue weighted by atomic mass is 9.74. The first-order valence-electron chi connectivity index (χ1n) is 13.0. The van der Waals surface area contributed by atoms with Gasteiger partial charge in [0, 0.05) is 47.6 Å². The van der Waals surface area contributed by atoms with E-state index in [0.717, 1.165) is 66.7 Å². The van der Waals surface area contributed by atoms with Gasteiger partial charge >= 0.3 is 5.97 Å². The molecule has 0 bridgehead atoms. The van der Waals surface area contributed by atoms with Gasteiger partial charge in [-0.3, -0.25) is 4.90 Å². The number of aromatic nitrogens is 1. The Labute approximate surface area is 200 Å². The van der Waals surface area contributed by atoms with E-state index in [1.165, 1.54) is 36.8 Å². The van der Waals surface area contributed by atoms with Gasteiger partial charge in [0.2, 0.25) is 0 Å². The Kier molecular flexibility index (Phi) is 4.60. The van der Waals surface area contributed by atoms with Crippen LogP contribution in [-0.4, -0.2) is 34.7 Å². The number of rotatable bonds is 2. The number of H-pyrrole nitrogens is 1. The number of nitrogens with zero attached hydrogens (tertiary/aromatic N) is 1. The molecule has 3 aromatic rings. The topological polar surface area (TPSA) is 54.6 Å². The summed E-state index contributed by atoms with van der Waals surface area (Å²) in [6.07, 6.45) is 8.64. The zero-order chi connectivity index (χ0) is 22.9. The van der Waals surface area contributed by atoms with E-state index in [4.69, 9.17) is 9.47 Å². The molecule has 2 saturated heterocycles. The average Bonchev–Trinajstić information content (AvgIpc) is 3.42. The van der Waals surface area contributed by atoms with Crippen molar-refractivity contribution < 1.29 is 14.3 Å². The molecule has 5 heteroatoms. The second kappa shape index (κ2) is 7.61. The number of carbonyl (C=O) groups is 1. The first-order valence-corrected chi connectivity index (χ1v) is 13.0. The molecule has 2 fully saturated rings. The molecule has 1 aromatic heterocycles. The second-order valence-corrected chi connectivity index (χ2v) is 10.7. The standard InChI is InChI=1S/C29H32N2O3/c1-18-26(28(32)33-24-12-10-19-7-2-3-9-21(19)24)27-22-17-20-8-6-16-31-15-5-4-14-29(20,31)34-25(22)13-11-23(27)30-18/h2-3,7,9,11,13,20,24,30H,4-6,8,10,12,14-17H2,1H3/t20?,24-,29?/m1/s1. The minimum Gasteiger partial charge on any atom is -0.472 e. The molecule has 2 unspecified atom stereocenters. The number of piperidine rings is 2. The molecule has 3 atom stereocenters. The third kappa shape index (κ3) is 2.92. The molecule has 0 saturated carbocycles. The fraction of sp³-hybridized carbons (Fsp3) is 0.483. The van der Waals surface area contributed by atoms with Crippen LogP contribution >= 0.6 is 0 Å². The Morgan fingerprint density at radius 2 is 2.00 bits per heavy atom. The maximum Gasteiger partial charge on any atom is 0.341 e. The van der Waals surface area contributed by atoms with Crippen molar-refractivity contribution in [1.82, 2.24) is 9.88 Å². The van der Waals surface area contributed by atoms with Gasteiger partial charge in [-0.25, -0.2) is 4.79 Å². The van der Waals surface area contributed by atoms with Gasteiger partial charge in [-0.2, -0.15) is 0 Å². The molecular formula is C29H32N2O3. The third-order valence-corrected chi connectivity index (χ3v) is 8.85. The molecule has 5 nitrogen and oxygen atoms in total. The first-order chi connectivity index (χ1) is 16.6. The molecule has 0 amide bonds. The molecule has 1 N–H and O–H groups in total. The predicted molar refractivity (Wildman–Crippen MR) is 131 cm³/mol. The van der Waals surface area contributed by atoms with Gasteiger partial charge in [0.15, 0.2) is 5.72 Å². The van der Waals surface area contributed by atoms with Crippen molar-refractivity contribution in [1.29, 1.82) is 0 Å². The first kappa shape index (κ1) is 20.6. The summed E-state index contributed by atoms with van der Waals surface area (Å²) in [5, 5.41) is 1.01. The highest BCUT2D eigenvalue weighted by Gasteiger charge is 2.52. The molecule has 4 heterocycles. The summed E-state index contributed by atoms with van der Waals surface area (Å²) >= 11 is 0. The number of aryl methyl sites for hydroxylation is 2. The van der Waals surface area contributed by atoms with Crippen LogP contribution in [0, 0.1) is 12.8 Å². The third-order valence-electron chi connectivity index (χ3n) is 8.85. The molecule has 4 aliphatic rings. The average molecular weight is 457 g/mol. The lowest BCUT2D eigenvalue weighted by Gasteiger charge is -2.56. The molecule has 1 aliphatic carbocycles. The molecule has 176 valence electrons. The highest BCUT2D eigenvalue weighted by molar-refractivity contribution is 6.07. The van der Waals surface area contributed by atoms with Gasteiger partial charge in [-0.15, -0.1) is 0 Å². The van der Waals surface area contributed by atoms with Crippen molar-refractivity contribution >= 4 is 16.9 Å². The van der Waals surface area contributed by atoms with E-state index in [-0.39, 0.29) is 17.8 Å². The number of ether oxygens (including phenoxy) is 2. The normalized spacial score (nSPS) is 27.9. The maximum absolute atomic E-state index is 13.6. The second-order valence-electron chi connectivity index (χ2n) is 10.7. The maximum atomic E-state index is 13.6. The van der Waals surface area contributed by atoms with Gasteiger partial charge in [0.05, 0.1) is 5.56 Å². The van der Waals surface area contributed by atoms with Crippen molar-refractivity contribution in [3.63, 3.8) is 0 Å². The number of fused-ring (bicyclic) bond motifs is 4. The summed E-state index contributed by atoms with van der Waals surface area (Å²) in [6, 6.07) is 12.5. The van der Waals surface area contributed by atoms with E-state index in [0.29, 0.717) is 11.5 Å². The Morgan fingerprint density at radius 1 is 1.12 bits per heavy atom. The summed E-state index contributed by atoms with van der Waals surface area (Å²) in [7, 11) is 0. The van der Waals surface area contributed by atoms with Crippen LogP contribution in [0.4, 0.5) is 0 Å². The van der Waals surface area contributed by atoms with Gasteiger partial charge in [-0.05, 0) is 75.1 Å². The van der Waals surface area contributed by atoms with Crippen LogP contribution in [0.2, 0.25) is 0 Å². The van der Waals surface area contributed by atoms with Crippen molar-refractivity contribution in [2.24, 2.45) is 5.92 Å². The number of benzene rings is 2. The quantitative estimate of drug-likeness (QED) is 0.492. The van der Waals surface area contributed by atoms with Crippen LogP contribution in [0.3, 0.4) is 0 Å². The molecular weight excluding hydrogens is 424 g/mol. The summed E-state index contributed by atoms with van der Waals surface area (Å²) < 4.78 is 13.1. The molecule has 1 spiro atoms. The predicted octanol–water partition coefficient (Wildman–Crippen LogP) is 5.85. The fourth-order valence-electron chi connectivity index (χ4n) is 7.30. The van der Waals surface area contributed by atoms with E-state index < -0.39 is 0 Å². The van der Waals surface area contributed by atoms with E-state index in [2.05, 4.69) is 40.2 Å². The Bertz CT molecular complexity index is 1290. The number of hydrogen-bond acceptors (Lipinski definition) is 4. The van der Waals surface area contributed by atoms with Crippen molar-refractivity contribution in [2.75, 3.05) is 13.1 Å². The van der Waals surface area contributed by atoms with Gasteiger partial charge in [-0.1, -0.05) is 24.3 Å². The lowest BCUT2D eigenvalue weighted by Crippen LogP contribution is -2.64. The van der Waals surface area contributed by atoms with Crippen molar-refractivity contribution in [2.45, 2.75) is 70.1 Å². The highest BCUT2D eigenvalue weighted by Crippen LogP contribution is 2.50.